The number of amidine groups is 1. The normalized spacial score (nSPS) is 21.0. The lowest BCUT2D eigenvalue weighted by Crippen LogP contribution is -2.46. The zero-order valence-electron chi connectivity index (χ0n) is 13.4. The molecule has 6 heteroatoms. The highest BCUT2D eigenvalue weighted by Crippen LogP contribution is 2.41. The van der Waals surface area contributed by atoms with Gasteiger partial charge in [-0.2, -0.15) is 5.26 Å². The molecule has 1 atom stereocenters. The second-order valence-corrected chi connectivity index (χ2v) is 7.20. The molecule has 1 aliphatic heterocycles. The average molecular weight is 341 g/mol. The van der Waals surface area contributed by atoms with E-state index in [0.29, 0.717) is 29.8 Å². The Bertz CT molecular complexity index is 863. The van der Waals surface area contributed by atoms with Gasteiger partial charge in [-0.15, -0.1) is 11.3 Å². The number of nitriles is 1. The summed E-state index contributed by atoms with van der Waals surface area (Å²) in [7, 11) is 1.62. The van der Waals surface area contributed by atoms with Gasteiger partial charge in [-0.1, -0.05) is 19.1 Å². The number of amides is 1. The Balaban J connectivity index is 1.99. The summed E-state index contributed by atoms with van der Waals surface area (Å²) in [6.07, 6.45) is 0.794. The summed E-state index contributed by atoms with van der Waals surface area (Å²) in [5.41, 5.74) is 0.647. The minimum atomic E-state index is -0.526. The number of nitrogens with zero attached hydrogens (tertiary/aromatic N) is 2. The number of halogens is 1. The van der Waals surface area contributed by atoms with E-state index in [9.17, 15) is 9.18 Å². The molecule has 1 fully saturated rings. The van der Waals surface area contributed by atoms with Gasteiger partial charge in [0.1, 0.15) is 17.7 Å². The number of benzene rings is 1. The summed E-state index contributed by atoms with van der Waals surface area (Å²) in [5, 5.41) is 18.8. The Morgan fingerprint density at radius 1 is 1.42 bits per heavy atom. The first-order valence-electron chi connectivity index (χ1n) is 7.48. The lowest BCUT2D eigenvalue weighted by molar-refractivity contribution is -0.128. The highest BCUT2D eigenvalue weighted by molar-refractivity contribution is 7.10. The van der Waals surface area contributed by atoms with Crippen LogP contribution in [-0.2, 0) is 10.2 Å². The van der Waals surface area contributed by atoms with Crippen molar-refractivity contribution in [1.82, 2.24) is 4.90 Å². The molecule has 1 N–H and O–H groups in total. The van der Waals surface area contributed by atoms with Crippen LogP contribution in [0.4, 0.5) is 4.39 Å². The van der Waals surface area contributed by atoms with Crippen LogP contribution in [0.2, 0.25) is 0 Å². The van der Waals surface area contributed by atoms with Crippen LogP contribution in [0.15, 0.2) is 29.6 Å². The maximum atomic E-state index is 14.4. The molecule has 24 heavy (non-hydrogen) atoms. The third-order valence-electron chi connectivity index (χ3n) is 4.50. The van der Waals surface area contributed by atoms with E-state index in [1.54, 1.807) is 19.2 Å². The topological polar surface area (TPSA) is 68.0 Å². The Kier molecular flexibility index (Phi) is 3.98. The highest BCUT2D eigenvalue weighted by Gasteiger charge is 2.39. The quantitative estimate of drug-likeness (QED) is 0.900. The van der Waals surface area contributed by atoms with Crippen molar-refractivity contribution in [2.24, 2.45) is 0 Å². The first-order valence-corrected chi connectivity index (χ1v) is 8.35. The van der Waals surface area contributed by atoms with Crippen molar-refractivity contribution >= 4 is 23.1 Å². The molecule has 4 nitrogen and oxygen atoms in total. The summed E-state index contributed by atoms with van der Waals surface area (Å²) in [6.45, 7) is 1.96. The van der Waals surface area contributed by atoms with Crippen LogP contribution in [0.5, 0.6) is 0 Å². The van der Waals surface area contributed by atoms with Crippen molar-refractivity contribution in [1.29, 1.82) is 10.7 Å². The molecule has 3 rings (SSSR count). The van der Waals surface area contributed by atoms with E-state index in [2.05, 4.69) is 0 Å². The van der Waals surface area contributed by atoms with Gasteiger partial charge in [0.05, 0.1) is 5.56 Å². The molecule has 0 aliphatic carbocycles. The van der Waals surface area contributed by atoms with Gasteiger partial charge < -0.3 is 4.90 Å². The lowest BCUT2D eigenvalue weighted by Gasteiger charge is -2.36. The fraction of sp³-hybridized carbons (Fsp3) is 0.278. The van der Waals surface area contributed by atoms with Crippen molar-refractivity contribution in [2.45, 2.75) is 25.2 Å². The number of thiophene rings is 1. The predicted octanol–water partition coefficient (Wildman–Crippen LogP) is 3.91. The maximum Gasteiger partial charge on any atom is 0.228 e. The molecule has 0 bridgehead atoms. The second-order valence-electron chi connectivity index (χ2n) is 6.29. The molecule has 2 heterocycles. The third-order valence-corrected chi connectivity index (χ3v) is 5.74. The van der Waals surface area contributed by atoms with E-state index >= 15 is 0 Å². The number of rotatable bonds is 2. The highest BCUT2D eigenvalue weighted by atomic mass is 32.1. The van der Waals surface area contributed by atoms with E-state index in [1.165, 1.54) is 22.3 Å². The van der Waals surface area contributed by atoms with E-state index < -0.39 is 11.2 Å². The van der Waals surface area contributed by atoms with Crippen molar-refractivity contribution in [3.05, 3.63) is 45.9 Å². The molecule has 1 saturated heterocycles. The third kappa shape index (κ3) is 2.61. The number of carbonyl (C=O) groups is 1. The van der Waals surface area contributed by atoms with Gasteiger partial charge in [-0.25, -0.2) is 4.39 Å². The zero-order chi connectivity index (χ0) is 17.5. The monoisotopic (exact) mass is 341 g/mol. The molecule has 2 aromatic rings. The maximum absolute atomic E-state index is 14.4. The van der Waals surface area contributed by atoms with Crippen molar-refractivity contribution in [3.8, 4) is 17.2 Å². The van der Waals surface area contributed by atoms with Crippen molar-refractivity contribution in [3.63, 3.8) is 0 Å². The summed E-state index contributed by atoms with van der Waals surface area (Å²) >= 11 is 1.46. The number of hydrogen-bond donors (Lipinski definition) is 1. The minimum Gasteiger partial charge on any atom is -0.304 e. The summed E-state index contributed by atoms with van der Waals surface area (Å²) in [5.74, 6) is -0.315. The number of hydrogen-bond acceptors (Lipinski definition) is 4. The number of likely N-dealkylation sites (tertiary alicyclic amines) is 1. The first-order chi connectivity index (χ1) is 11.4. The van der Waals surface area contributed by atoms with Crippen LogP contribution in [0.1, 0.15) is 30.2 Å². The average Bonchev–Trinajstić information content (AvgIpc) is 3.03. The summed E-state index contributed by atoms with van der Waals surface area (Å²) in [4.78, 5) is 14.4. The molecular formula is C18H16FN3OS. The molecule has 0 radical (unpaired) electrons. The summed E-state index contributed by atoms with van der Waals surface area (Å²) < 4.78 is 14.4. The van der Waals surface area contributed by atoms with E-state index in [-0.39, 0.29) is 11.5 Å². The van der Waals surface area contributed by atoms with Gasteiger partial charge in [0.15, 0.2) is 0 Å². The number of nitrogens with one attached hydrogen (secondary N) is 1. The van der Waals surface area contributed by atoms with E-state index in [1.807, 2.05) is 24.4 Å². The molecule has 1 aromatic heterocycles. The van der Waals surface area contributed by atoms with Crippen LogP contribution in [0, 0.1) is 22.6 Å². The Morgan fingerprint density at radius 3 is 2.83 bits per heavy atom. The molecule has 0 unspecified atom stereocenters. The zero-order valence-corrected chi connectivity index (χ0v) is 14.2. The van der Waals surface area contributed by atoms with E-state index in [4.69, 9.17) is 10.7 Å². The fourth-order valence-corrected chi connectivity index (χ4v) is 4.04. The minimum absolute atomic E-state index is 0.0164. The number of carbonyl (C=O) groups excluding carboxylic acids is 1. The summed E-state index contributed by atoms with van der Waals surface area (Å²) in [6, 6.07) is 8.47. The van der Waals surface area contributed by atoms with Crippen LogP contribution in [0.25, 0.3) is 11.1 Å². The van der Waals surface area contributed by atoms with Crippen molar-refractivity contribution < 1.29 is 9.18 Å². The van der Waals surface area contributed by atoms with Crippen molar-refractivity contribution in [2.75, 3.05) is 7.05 Å². The molecule has 1 aliphatic rings. The molecule has 0 saturated carbocycles. The van der Waals surface area contributed by atoms with Crippen LogP contribution < -0.4 is 0 Å². The van der Waals surface area contributed by atoms with Gasteiger partial charge in [-0.05, 0) is 23.1 Å². The number of piperidine rings is 1. The van der Waals surface area contributed by atoms with Gasteiger partial charge in [0.25, 0.3) is 0 Å². The SMILES string of the molecule is CN1C(=N)C[C@](C)(c2cc(-c3cccc(C#N)c3F)cs2)CC1=O. The predicted molar refractivity (Wildman–Crippen MR) is 91.5 cm³/mol. The Labute approximate surface area is 143 Å². The molecule has 1 amide bonds. The Hall–Kier alpha value is -2.52. The smallest absolute Gasteiger partial charge is 0.228 e. The van der Waals surface area contributed by atoms with Gasteiger partial charge in [0.2, 0.25) is 5.91 Å². The molecule has 1 aromatic carbocycles. The first kappa shape index (κ1) is 16.3. The molecule has 0 spiro atoms. The van der Waals surface area contributed by atoms with Gasteiger partial charge in [-0.3, -0.25) is 10.2 Å². The Morgan fingerprint density at radius 2 is 2.17 bits per heavy atom. The molecular weight excluding hydrogens is 325 g/mol. The largest absolute Gasteiger partial charge is 0.304 e. The van der Waals surface area contributed by atoms with Crippen LogP contribution in [0.3, 0.4) is 0 Å². The lowest BCUT2D eigenvalue weighted by atomic mass is 9.78. The van der Waals surface area contributed by atoms with Crippen LogP contribution in [-0.4, -0.2) is 23.7 Å². The van der Waals surface area contributed by atoms with Gasteiger partial charge in [0, 0.05) is 35.7 Å². The standard InChI is InChI=1S/C18H16FN3OS/c1-18(7-15(21)22(2)16(23)8-18)14-6-12(10-24-14)13-5-3-4-11(9-20)17(13)19/h3-6,10,21H,7-8H2,1-2H3/t18-/m0/s1. The second kappa shape index (κ2) is 5.84. The molecule has 122 valence electrons. The van der Waals surface area contributed by atoms with Gasteiger partial charge >= 0.3 is 0 Å². The van der Waals surface area contributed by atoms with E-state index in [0.717, 1.165) is 4.88 Å². The fourth-order valence-electron chi connectivity index (χ4n) is 2.96. The van der Waals surface area contributed by atoms with Crippen LogP contribution >= 0.6 is 11.3 Å².